The summed E-state index contributed by atoms with van der Waals surface area (Å²) in [6.07, 6.45) is 5.76. The molecule has 0 unspecified atom stereocenters. The minimum atomic E-state index is -3.82. The fraction of sp³-hybridized carbons (Fsp3) is 0.286. The van der Waals surface area contributed by atoms with Crippen molar-refractivity contribution < 1.29 is 18.3 Å². The van der Waals surface area contributed by atoms with E-state index in [-0.39, 0.29) is 10.5 Å². The highest BCUT2D eigenvalue weighted by atomic mass is 32.2. The van der Waals surface area contributed by atoms with E-state index < -0.39 is 16.0 Å². The molecule has 142 valence electrons. The van der Waals surface area contributed by atoms with E-state index in [9.17, 15) is 13.2 Å². The maximum atomic E-state index is 12.7. The molecule has 0 radical (unpaired) electrons. The first-order valence-electron chi connectivity index (χ1n) is 9.00. The van der Waals surface area contributed by atoms with Crippen molar-refractivity contribution in [3.8, 4) is 0 Å². The SMILES string of the molecule is C=C(CC1CCCC1)c1ccccc1NS(=O)(=O)c1ccc(C(=O)O)cc1. The summed E-state index contributed by atoms with van der Waals surface area (Å²) in [5.74, 6) is -0.480. The van der Waals surface area contributed by atoms with E-state index in [1.807, 2.05) is 12.1 Å². The van der Waals surface area contributed by atoms with E-state index in [0.29, 0.717) is 11.6 Å². The fourth-order valence-corrected chi connectivity index (χ4v) is 4.61. The summed E-state index contributed by atoms with van der Waals surface area (Å²) in [5, 5.41) is 8.95. The maximum Gasteiger partial charge on any atom is 0.335 e. The number of hydrogen-bond acceptors (Lipinski definition) is 3. The van der Waals surface area contributed by atoms with Gasteiger partial charge in [0.25, 0.3) is 10.0 Å². The number of allylic oxidation sites excluding steroid dienone is 1. The van der Waals surface area contributed by atoms with Crippen molar-refractivity contribution in [3.63, 3.8) is 0 Å². The summed E-state index contributed by atoms with van der Waals surface area (Å²) in [6.45, 7) is 4.18. The Morgan fingerprint density at radius 3 is 2.33 bits per heavy atom. The lowest BCUT2D eigenvalue weighted by Crippen LogP contribution is -2.14. The molecule has 2 N–H and O–H groups in total. The van der Waals surface area contributed by atoms with Gasteiger partial charge in [-0.2, -0.15) is 0 Å². The van der Waals surface area contributed by atoms with Crippen molar-refractivity contribution in [3.05, 3.63) is 66.2 Å². The molecule has 1 aliphatic carbocycles. The number of benzene rings is 2. The summed E-state index contributed by atoms with van der Waals surface area (Å²) in [6, 6.07) is 12.4. The van der Waals surface area contributed by atoms with E-state index in [4.69, 9.17) is 5.11 Å². The van der Waals surface area contributed by atoms with Crippen molar-refractivity contribution in [2.45, 2.75) is 37.0 Å². The number of para-hydroxylation sites is 1. The van der Waals surface area contributed by atoms with Gasteiger partial charge in [-0.05, 0) is 48.2 Å². The van der Waals surface area contributed by atoms with Crippen LogP contribution in [0.1, 0.15) is 48.0 Å². The van der Waals surface area contributed by atoms with Gasteiger partial charge < -0.3 is 5.11 Å². The van der Waals surface area contributed by atoms with Crippen LogP contribution in [-0.4, -0.2) is 19.5 Å². The summed E-state index contributed by atoms with van der Waals surface area (Å²) in [7, 11) is -3.82. The number of rotatable bonds is 7. The van der Waals surface area contributed by atoms with Gasteiger partial charge in [-0.1, -0.05) is 50.5 Å². The Kier molecular flexibility index (Phi) is 5.65. The number of sulfonamides is 1. The highest BCUT2D eigenvalue weighted by Gasteiger charge is 2.20. The predicted octanol–water partition coefficient (Wildman–Crippen LogP) is 4.78. The summed E-state index contributed by atoms with van der Waals surface area (Å²) in [4.78, 5) is 11.0. The molecule has 0 saturated heterocycles. The van der Waals surface area contributed by atoms with Gasteiger partial charge in [0.05, 0.1) is 16.1 Å². The Hall–Kier alpha value is -2.60. The van der Waals surface area contributed by atoms with Crippen molar-refractivity contribution in [1.29, 1.82) is 0 Å². The molecule has 5 nitrogen and oxygen atoms in total. The lowest BCUT2D eigenvalue weighted by molar-refractivity contribution is 0.0696. The number of carbonyl (C=O) groups is 1. The maximum absolute atomic E-state index is 12.7. The van der Waals surface area contributed by atoms with Crippen LogP contribution in [0.25, 0.3) is 5.57 Å². The van der Waals surface area contributed by atoms with Crippen LogP contribution in [0.3, 0.4) is 0 Å². The summed E-state index contributed by atoms with van der Waals surface area (Å²) in [5.41, 5.74) is 2.26. The van der Waals surface area contributed by atoms with Crippen molar-refractivity contribution in [1.82, 2.24) is 0 Å². The van der Waals surface area contributed by atoms with Gasteiger partial charge in [-0.3, -0.25) is 4.72 Å². The van der Waals surface area contributed by atoms with E-state index in [2.05, 4.69) is 11.3 Å². The van der Waals surface area contributed by atoms with Gasteiger partial charge in [0.2, 0.25) is 0 Å². The molecule has 1 saturated carbocycles. The van der Waals surface area contributed by atoms with Crippen LogP contribution in [0.15, 0.2) is 60.0 Å². The zero-order valence-corrected chi connectivity index (χ0v) is 15.8. The molecule has 0 bridgehead atoms. The molecule has 0 aliphatic heterocycles. The van der Waals surface area contributed by atoms with E-state index in [1.54, 1.807) is 12.1 Å². The standard InChI is InChI=1S/C21H23NO4S/c1-15(14-16-6-2-3-7-16)19-8-4-5-9-20(19)22-27(25,26)18-12-10-17(11-13-18)21(23)24/h4-5,8-13,16,22H,1-3,6-7,14H2,(H,23,24). The molecule has 0 aromatic heterocycles. The van der Waals surface area contributed by atoms with Gasteiger partial charge in [0.1, 0.15) is 0 Å². The molecule has 2 aromatic rings. The van der Waals surface area contributed by atoms with E-state index >= 15 is 0 Å². The highest BCUT2D eigenvalue weighted by Crippen LogP contribution is 2.35. The third kappa shape index (κ3) is 4.57. The van der Waals surface area contributed by atoms with Gasteiger partial charge >= 0.3 is 5.97 Å². The van der Waals surface area contributed by atoms with Crippen LogP contribution < -0.4 is 4.72 Å². The Bertz CT molecular complexity index is 942. The lowest BCUT2D eigenvalue weighted by atomic mass is 9.93. The predicted molar refractivity (Wildman–Crippen MR) is 106 cm³/mol. The second-order valence-corrected chi connectivity index (χ2v) is 8.62. The Labute approximate surface area is 159 Å². The molecule has 1 aliphatic rings. The Morgan fingerprint density at radius 2 is 1.70 bits per heavy atom. The molecule has 6 heteroatoms. The molecule has 3 rings (SSSR count). The van der Waals surface area contributed by atoms with E-state index in [0.717, 1.165) is 17.6 Å². The van der Waals surface area contributed by atoms with Crippen LogP contribution >= 0.6 is 0 Å². The average molecular weight is 385 g/mol. The number of hydrogen-bond donors (Lipinski definition) is 2. The number of carboxylic acid groups (broad SMARTS) is 1. The molecule has 0 amide bonds. The quantitative estimate of drug-likeness (QED) is 0.718. The second kappa shape index (κ2) is 7.96. The number of anilines is 1. The van der Waals surface area contributed by atoms with E-state index in [1.165, 1.54) is 49.9 Å². The smallest absolute Gasteiger partial charge is 0.335 e. The third-order valence-corrected chi connectivity index (χ3v) is 6.36. The summed E-state index contributed by atoms with van der Waals surface area (Å²) >= 11 is 0. The first-order chi connectivity index (χ1) is 12.9. The van der Waals surface area contributed by atoms with Crippen molar-refractivity contribution >= 4 is 27.3 Å². The van der Waals surface area contributed by atoms with Gasteiger partial charge in [0, 0.05) is 5.56 Å². The minimum Gasteiger partial charge on any atom is -0.478 e. The molecule has 0 atom stereocenters. The minimum absolute atomic E-state index is 0.0173. The molecule has 1 fully saturated rings. The zero-order chi connectivity index (χ0) is 19.4. The Morgan fingerprint density at radius 1 is 1.07 bits per heavy atom. The van der Waals surface area contributed by atoms with Crippen molar-refractivity contribution in [2.75, 3.05) is 4.72 Å². The van der Waals surface area contributed by atoms with Crippen LogP contribution in [0, 0.1) is 5.92 Å². The molecule has 27 heavy (non-hydrogen) atoms. The monoisotopic (exact) mass is 385 g/mol. The molecule has 0 heterocycles. The number of aromatic carboxylic acids is 1. The number of carboxylic acids is 1. The number of nitrogens with one attached hydrogen (secondary N) is 1. The first kappa shape index (κ1) is 19.2. The molecular weight excluding hydrogens is 362 g/mol. The average Bonchev–Trinajstić information content (AvgIpc) is 3.15. The van der Waals surface area contributed by atoms with Crippen LogP contribution in [0.4, 0.5) is 5.69 Å². The second-order valence-electron chi connectivity index (χ2n) is 6.94. The normalized spacial score (nSPS) is 14.8. The van der Waals surface area contributed by atoms with Crippen LogP contribution in [-0.2, 0) is 10.0 Å². The highest BCUT2D eigenvalue weighted by molar-refractivity contribution is 7.92. The molecular formula is C21H23NO4S. The molecule has 2 aromatic carbocycles. The van der Waals surface area contributed by atoms with Crippen LogP contribution in [0.5, 0.6) is 0 Å². The van der Waals surface area contributed by atoms with Gasteiger partial charge in [-0.15, -0.1) is 0 Å². The lowest BCUT2D eigenvalue weighted by Gasteiger charge is -2.17. The van der Waals surface area contributed by atoms with Gasteiger partial charge in [0.15, 0.2) is 0 Å². The third-order valence-electron chi connectivity index (χ3n) is 4.97. The largest absolute Gasteiger partial charge is 0.478 e. The fourth-order valence-electron chi connectivity index (χ4n) is 3.53. The Balaban J connectivity index is 1.82. The van der Waals surface area contributed by atoms with Gasteiger partial charge in [-0.25, -0.2) is 13.2 Å². The summed E-state index contributed by atoms with van der Waals surface area (Å²) < 4.78 is 28.0. The van der Waals surface area contributed by atoms with Crippen LogP contribution in [0.2, 0.25) is 0 Å². The first-order valence-corrected chi connectivity index (χ1v) is 10.5. The zero-order valence-electron chi connectivity index (χ0n) is 15.0. The molecule has 0 spiro atoms. The van der Waals surface area contributed by atoms with Crippen molar-refractivity contribution in [2.24, 2.45) is 5.92 Å². The topological polar surface area (TPSA) is 83.5 Å².